The van der Waals surface area contributed by atoms with Crippen molar-refractivity contribution in [2.24, 2.45) is 0 Å². The topological polar surface area (TPSA) is 61.4 Å². The Hall–Kier alpha value is -1.72. The van der Waals surface area contributed by atoms with Crippen LogP contribution in [0, 0.1) is 0 Å². The summed E-state index contributed by atoms with van der Waals surface area (Å²) in [5.41, 5.74) is 1.38. The fourth-order valence-electron chi connectivity index (χ4n) is 2.29. The van der Waals surface area contributed by atoms with Crippen LogP contribution in [0.25, 0.3) is 0 Å². The molecule has 5 nitrogen and oxygen atoms in total. The summed E-state index contributed by atoms with van der Waals surface area (Å²) < 4.78 is 0. The number of ketones is 1. The van der Waals surface area contributed by atoms with E-state index in [-0.39, 0.29) is 11.7 Å². The standard InChI is InChI=1S/C15H21N3O2/c1-11-9-16-7-8-18(11)10-15(20)17-14-5-3-13(4-6-14)12(2)19/h3-6,11,16H,7-10H2,1-2H3,(H,17,20)/t11-/m1/s1. The molecule has 1 atom stereocenters. The molecule has 0 aliphatic carbocycles. The predicted molar refractivity (Wildman–Crippen MR) is 79.0 cm³/mol. The number of hydrogen-bond acceptors (Lipinski definition) is 4. The summed E-state index contributed by atoms with van der Waals surface area (Å²) in [5.74, 6) is 0.00634. The van der Waals surface area contributed by atoms with Gasteiger partial charge in [0, 0.05) is 36.9 Å². The molecule has 1 saturated heterocycles. The summed E-state index contributed by atoms with van der Waals surface area (Å²) >= 11 is 0. The van der Waals surface area contributed by atoms with Gasteiger partial charge in [0.05, 0.1) is 6.54 Å². The van der Waals surface area contributed by atoms with Gasteiger partial charge in [-0.05, 0) is 38.1 Å². The van der Waals surface area contributed by atoms with Crippen molar-refractivity contribution in [3.05, 3.63) is 29.8 Å². The van der Waals surface area contributed by atoms with Gasteiger partial charge < -0.3 is 10.6 Å². The number of rotatable bonds is 4. The third kappa shape index (κ3) is 3.88. The molecule has 1 aromatic rings. The smallest absolute Gasteiger partial charge is 0.238 e. The van der Waals surface area contributed by atoms with E-state index >= 15 is 0 Å². The molecule has 0 spiro atoms. The van der Waals surface area contributed by atoms with E-state index in [9.17, 15) is 9.59 Å². The average Bonchev–Trinajstić information content (AvgIpc) is 2.42. The zero-order valence-electron chi connectivity index (χ0n) is 12.0. The van der Waals surface area contributed by atoms with Crippen molar-refractivity contribution in [3.63, 3.8) is 0 Å². The van der Waals surface area contributed by atoms with Crippen LogP contribution in [-0.4, -0.2) is 48.8 Å². The quantitative estimate of drug-likeness (QED) is 0.808. The van der Waals surface area contributed by atoms with Crippen molar-refractivity contribution in [1.82, 2.24) is 10.2 Å². The Balaban J connectivity index is 1.89. The molecule has 2 N–H and O–H groups in total. The summed E-state index contributed by atoms with van der Waals surface area (Å²) in [6.07, 6.45) is 0. The summed E-state index contributed by atoms with van der Waals surface area (Å²) in [6, 6.07) is 7.34. The van der Waals surface area contributed by atoms with Crippen molar-refractivity contribution in [1.29, 1.82) is 0 Å². The molecule has 1 aliphatic heterocycles. The molecule has 1 heterocycles. The third-order valence-electron chi connectivity index (χ3n) is 3.56. The zero-order valence-corrected chi connectivity index (χ0v) is 12.0. The molecule has 0 bridgehead atoms. The highest BCUT2D eigenvalue weighted by Crippen LogP contribution is 2.10. The SMILES string of the molecule is CC(=O)c1ccc(NC(=O)CN2CCNC[C@H]2C)cc1. The molecule has 5 heteroatoms. The molecule has 20 heavy (non-hydrogen) atoms. The van der Waals surface area contributed by atoms with Crippen molar-refractivity contribution >= 4 is 17.4 Å². The van der Waals surface area contributed by atoms with Crippen LogP contribution >= 0.6 is 0 Å². The lowest BCUT2D eigenvalue weighted by atomic mass is 10.1. The highest BCUT2D eigenvalue weighted by Gasteiger charge is 2.20. The van der Waals surface area contributed by atoms with Crippen LogP contribution < -0.4 is 10.6 Å². The van der Waals surface area contributed by atoms with Gasteiger partial charge in [-0.15, -0.1) is 0 Å². The molecule has 0 radical (unpaired) electrons. The van der Waals surface area contributed by atoms with Gasteiger partial charge in [-0.3, -0.25) is 14.5 Å². The Morgan fingerprint density at radius 2 is 2.05 bits per heavy atom. The Bertz CT molecular complexity index is 484. The van der Waals surface area contributed by atoms with Gasteiger partial charge in [0.1, 0.15) is 0 Å². The second-order valence-electron chi connectivity index (χ2n) is 5.21. The lowest BCUT2D eigenvalue weighted by Gasteiger charge is -2.33. The molecule has 1 amide bonds. The molecule has 1 aromatic carbocycles. The maximum absolute atomic E-state index is 12.0. The van der Waals surface area contributed by atoms with E-state index in [1.807, 2.05) is 0 Å². The van der Waals surface area contributed by atoms with Gasteiger partial charge >= 0.3 is 0 Å². The first kappa shape index (κ1) is 14.7. The number of carbonyl (C=O) groups is 2. The first-order chi connectivity index (χ1) is 9.56. The van der Waals surface area contributed by atoms with Crippen molar-refractivity contribution in [3.8, 4) is 0 Å². The molecular formula is C15H21N3O2. The fraction of sp³-hybridized carbons (Fsp3) is 0.467. The molecular weight excluding hydrogens is 254 g/mol. The number of hydrogen-bond donors (Lipinski definition) is 2. The van der Waals surface area contributed by atoms with Gasteiger partial charge in [-0.1, -0.05) is 0 Å². The lowest BCUT2D eigenvalue weighted by Crippen LogP contribution is -2.51. The number of amides is 1. The normalized spacial score (nSPS) is 19.6. The van der Waals surface area contributed by atoms with E-state index in [1.165, 1.54) is 6.92 Å². The molecule has 108 valence electrons. The van der Waals surface area contributed by atoms with E-state index < -0.39 is 0 Å². The highest BCUT2D eigenvalue weighted by atomic mass is 16.2. The maximum Gasteiger partial charge on any atom is 0.238 e. The molecule has 0 saturated carbocycles. The first-order valence-corrected chi connectivity index (χ1v) is 6.92. The van der Waals surface area contributed by atoms with Crippen LogP contribution in [-0.2, 0) is 4.79 Å². The minimum atomic E-state index is -0.0191. The Morgan fingerprint density at radius 3 is 2.65 bits per heavy atom. The average molecular weight is 275 g/mol. The van der Waals surface area contributed by atoms with Gasteiger partial charge in [-0.2, -0.15) is 0 Å². The second kappa shape index (κ2) is 6.63. The number of nitrogens with one attached hydrogen (secondary N) is 2. The molecule has 1 fully saturated rings. The summed E-state index contributed by atoms with van der Waals surface area (Å²) in [4.78, 5) is 25.3. The van der Waals surface area contributed by atoms with Gasteiger partial charge in [0.15, 0.2) is 5.78 Å². The minimum Gasteiger partial charge on any atom is -0.325 e. The minimum absolute atomic E-state index is 0.0191. The highest BCUT2D eigenvalue weighted by molar-refractivity contribution is 5.96. The van der Waals surface area contributed by atoms with E-state index in [0.29, 0.717) is 18.2 Å². The van der Waals surface area contributed by atoms with E-state index in [2.05, 4.69) is 22.5 Å². The van der Waals surface area contributed by atoms with Crippen LogP contribution in [0.5, 0.6) is 0 Å². The van der Waals surface area contributed by atoms with Crippen molar-refractivity contribution in [2.75, 3.05) is 31.5 Å². The van der Waals surface area contributed by atoms with Crippen molar-refractivity contribution < 1.29 is 9.59 Å². The Labute approximate surface area is 119 Å². The van der Waals surface area contributed by atoms with Gasteiger partial charge in [0.25, 0.3) is 0 Å². The number of benzene rings is 1. The maximum atomic E-state index is 12.0. The van der Waals surface area contributed by atoms with Crippen LogP contribution in [0.15, 0.2) is 24.3 Å². The number of Topliss-reactive ketones (excluding diaryl/α,β-unsaturated/α-hetero) is 1. The summed E-state index contributed by atoms with van der Waals surface area (Å²) in [7, 11) is 0. The van der Waals surface area contributed by atoms with Crippen LogP contribution in [0.2, 0.25) is 0 Å². The Morgan fingerprint density at radius 1 is 1.35 bits per heavy atom. The number of carbonyl (C=O) groups excluding carboxylic acids is 2. The predicted octanol–water partition coefficient (Wildman–Crippen LogP) is 1.12. The van der Waals surface area contributed by atoms with Crippen LogP contribution in [0.4, 0.5) is 5.69 Å². The molecule has 0 aromatic heterocycles. The largest absolute Gasteiger partial charge is 0.325 e. The number of nitrogens with zero attached hydrogens (tertiary/aromatic N) is 1. The first-order valence-electron chi connectivity index (χ1n) is 6.92. The van der Waals surface area contributed by atoms with E-state index in [0.717, 1.165) is 25.3 Å². The number of anilines is 1. The summed E-state index contributed by atoms with van der Waals surface area (Å²) in [5, 5.41) is 6.16. The lowest BCUT2D eigenvalue weighted by molar-refractivity contribution is -0.118. The van der Waals surface area contributed by atoms with E-state index in [4.69, 9.17) is 0 Å². The molecule has 2 rings (SSSR count). The van der Waals surface area contributed by atoms with Crippen molar-refractivity contribution in [2.45, 2.75) is 19.9 Å². The van der Waals surface area contributed by atoms with Crippen LogP contribution in [0.3, 0.4) is 0 Å². The Kier molecular flexibility index (Phi) is 4.87. The number of piperazine rings is 1. The third-order valence-corrected chi connectivity index (χ3v) is 3.56. The molecule has 0 unspecified atom stereocenters. The van der Waals surface area contributed by atoms with Gasteiger partial charge in [-0.25, -0.2) is 0 Å². The van der Waals surface area contributed by atoms with Gasteiger partial charge in [0.2, 0.25) is 5.91 Å². The van der Waals surface area contributed by atoms with E-state index in [1.54, 1.807) is 24.3 Å². The zero-order chi connectivity index (χ0) is 14.5. The fourth-order valence-corrected chi connectivity index (χ4v) is 2.29. The second-order valence-corrected chi connectivity index (χ2v) is 5.21. The van der Waals surface area contributed by atoms with Crippen LogP contribution in [0.1, 0.15) is 24.2 Å². The summed E-state index contributed by atoms with van der Waals surface area (Å²) in [6.45, 7) is 6.77. The monoisotopic (exact) mass is 275 g/mol. The molecule has 1 aliphatic rings.